The second-order valence-corrected chi connectivity index (χ2v) is 10.5. The van der Waals surface area contributed by atoms with Crippen LogP contribution in [0.15, 0.2) is 24.3 Å². The van der Waals surface area contributed by atoms with Gasteiger partial charge in [0.25, 0.3) is 0 Å². The topological polar surface area (TPSA) is 154 Å². The Bertz CT molecular complexity index is 808. The highest BCUT2D eigenvalue weighted by Crippen LogP contribution is 2.17. The summed E-state index contributed by atoms with van der Waals surface area (Å²) in [4.78, 5) is 11.5. The molecule has 0 aliphatic heterocycles. The van der Waals surface area contributed by atoms with Gasteiger partial charge in [0, 0.05) is 6.54 Å². The first kappa shape index (κ1) is 41.9. The number of carbonyl (C=O) groups is 1. The first-order valence-electron chi connectivity index (χ1n) is 15.9. The monoisotopic (exact) mass is 663 g/mol. The Labute approximate surface area is 274 Å². The minimum Gasteiger partial charge on any atom is -0.491 e. The lowest BCUT2D eigenvalue weighted by Gasteiger charge is -2.19. The van der Waals surface area contributed by atoms with Gasteiger partial charge in [-0.1, -0.05) is 0 Å². The Morgan fingerprint density at radius 3 is 1.07 bits per heavy atom. The molecule has 1 aromatic carbocycles. The van der Waals surface area contributed by atoms with Gasteiger partial charge in [0.2, 0.25) is 0 Å². The Morgan fingerprint density at radius 2 is 0.761 bits per heavy atom. The molecule has 46 heavy (non-hydrogen) atoms. The van der Waals surface area contributed by atoms with E-state index in [0.29, 0.717) is 132 Å². The number of esters is 1. The van der Waals surface area contributed by atoms with Crippen LogP contribution in [0, 0.1) is 0 Å². The van der Waals surface area contributed by atoms with Crippen molar-refractivity contribution in [2.45, 2.75) is 26.4 Å². The maximum Gasteiger partial charge on any atom is 0.332 e. The first-order valence-corrected chi connectivity index (χ1v) is 15.9. The summed E-state index contributed by atoms with van der Waals surface area (Å²) in [6.45, 7) is 14.8. The van der Waals surface area contributed by atoms with Crippen molar-refractivity contribution in [3.8, 4) is 11.5 Å². The van der Waals surface area contributed by atoms with E-state index < -0.39 is 5.60 Å². The van der Waals surface area contributed by atoms with E-state index in [-0.39, 0.29) is 12.6 Å². The summed E-state index contributed by atoms with van der Waals surface area (Å²) in [7, 11) is 0. The SMILES string of the molecule is CC(C)(C)OC(=O)COCCOCCOCCOCCOCCOc1ccc(OCCOCCOCCOCCOCCN)cc1. The summed E-state index contributed by atoms with van der Waals surface area (Å²) in [6, 6.07) is 7.41. The van der Waals surface area contributed by atoms with Crippen molar-refractivity contribution in [1.29, 1.82) is 0 Å². The summed E-state index contributed by atoms with van der Waals surface area (Å²) >= 11 is 0. The van der Waals surface area contributed by atoms with Gasteiger partial charge in [0.1, 0.15) is 36.9 Å². The van der Waals surface area contributed by atoms with E-state index >= 15 is 0 Å². The van der Waals surface area contributed by atoms with Crippen molar-refractivity contribution < 1.29 is 61.6 Å². The average molecular weight is 664 g/mol. The van der Waals surface area contributed by atoms with Gasteiger partial charge in [0.15, 0.2) is 0 Å². The average Bonchev–Trinajstić information content (AvgIpc) is 3.02. The fraction of sp³-hybridized carbons (Fsp3) is 0.781. The summed E-state index contributed by atoms with van der Waals surface area (Å²) in [6.07, 6.45) is 0. The molecule has 0 aliphatic rings. The number of carbonyl (C=O) groups excluding carboxylic acids is 1. The van der Waals surface area contributed by atoms with Crippen LogP contribution in [0.1, 0.15) is 20.8 Å². The summed E-state index contributed by atoms with van der Waals surface area (Å²) in [5, 5.41) is 0. The second kappa shape index (κ2) is 30.2. The minimum absolute atomic E-state index is 0.0860. The number of hydrogen-bond donors (Lipinski definition) is 1. The number of hydrogen-bond acceptors (Lipinski definition) is 14. The number of nitrogens with two attached hydrogens (primary N) is 1. The molecule has 0 fully saturated rings. The third-order valence-electron chi connectivity index (χ3n) is 5.32. The molecule has 1 rings (SSSR count). The van der Waals surface area contributed by atoms with Gasteiger partial charge in [-0.25, -0.2) is 4.79 Å². The Hall–Kier alpha value is -2.11. The zero-order valence-corrected chi connectivity index (χ0v) is 28.0. The predicted molar refractivity (Wildman–Crippen MR) is 170 cm³/mol. The van der Waals surface area contributed by atoms with Gasteiger partial charge in [0.05, 0.1) is 112 Å². The van der Waals surface area contributed by atoms with Gasteiger partial charge in [-0.3, -0.25) is 0 Å². The van der Waals surface area contributed by atoms with E-state index in [0.717, 1.165) is 11.5 Å². The van der Waals surface area contributed by atoms with E-state index in [1.165, 1.54) is 0 Å². The molecule has 0 radical (unpaired) electrons. The van der Waals surface area contributed by atoms with Gasteiger partial charge < -0.3 is 62.6 Å². The zero-order valence-electron chi connectivity index (χ0n) is 28.0. The minimum atomic E-state index is -0.514. The van der Waals surface area contributed by atoms with Crippen molar-refractivity contribution in [3.05, 3.63) is 24.3 Å². The molecule has 0 amide bonds. The Kier molecular flexibility index (Phi) is 27.6. The van der Waals surface area contributed by atoms with Crippen molar-refractivity contribution >= 4 is 5.97 Å². The molecular formula is C32H57NO13. The van der Waals surface area contributed by atoms with E-state index in [1.807, 2.05) is 45.0 Å². The highest BCUT2D eigenvalue weighted by molar-refractivity contribution is 5.71. The molecule has 0 heterocycles. The number of benzene rings is 1. The van der Waals surface area contributed by atoms with Crippen molar-refractivity contribution in [1.82, 2.24) is 0 Å². The van der Waals surface area contributed by atoms with E-state index in [1.54, 1.807) is 0 Å². The summed E-state index contributed by atoms with van der Waals surface area (Å²) in [5.74, 6) is 1.09. The van der Waals surface area contributed by atoms with Crippen molar-refractivity contribution in [3.63, 3.8) is 0 Å². The molecule has 0 bridgehead atoms. The molecule has 0 aromatic heterocycles. The summed E-state index contributed by atoms with van der Waals surface area (Å²) < 4.78 is 65.1. The first-order chi connectivity index (χ1) is 22.4. The molecule has 268 valence electrons. The molecular weight excluding hydrogens is 606 g/mol. The number of ether oxygens (including phenoxy) is 12. The van der Waals surface area contributed by atoms with Gasteiger partial charge in [-0.2, -0.15) is 0 Å². The van der Waals surface area contributed by atoms with Crippen molar-refractivity contribution in [2.24, 2.45) is 5.73 Å². The van der Waals surface area contributed by atoms with Crippen molar-refractivity contribution in [2.75, 3.05) is 139 Å². The molecule has 0 atom stereocenters. The highest BCUT2D eigenvalue weighted by atomic mass is 16.6. The van der Waals surface area contributed by atoms with Crippen LogP contribution in [-0.4, -0.2) is 150 Å². The maximum absolute atomic E-state index is 11.5. The van der Waals surface area contributed by atoms with Crippen LogP contribution in [0.3, 0.4) is 0 Å². The molecule has 14 nitrogen and oxygen atoms in total. The molecule has 0 unspecified atom stereocenters. The van der Waals surface area contributed by atoms with Crippen LogP contribution in [0.25, 0.3) is 0 Å². The fourth-order valence-corrected chi connectivity index (χ4v) is 3.32. The number of rotatable bonds is 33. The quantitative estimate of drug-likeness (QED) is 0.0860. The molecule has 0 saturated heterocycles. The standard InChI is InChI=1S/C32H57NO13/c1-32(2,3)46-31(34)28-43-23-22-40-17-16-37-14-15-39-19-21-42-25-27-45-30-6-4-29(5-7-30)44-26-24-41-20-18-38-13-12-36-11-10-35-9-8-33/h4-7H,8-28,33H2,1-3H3. The van der Waals surface area contributed by atoms with Crippen LogP contribution in [0.2, 0.25) is 0 Å². The Morgan fingerprint density at radius 1 is 0.478 bits per heavy atom. The van der Waals surface area contributed by atoms with E-state index in [4.69, 9.17) is 62.6 Å². The highest BCUT2D eigenvalue weighted by Gasteiger charge is 2.15. The maximum atomic E-state index is 11.5. The van der Waals surface area contributed by atoms with Gasteiger partial charge in [-0.15, -0.1) is 0 Å². The van der Waals surface area contributed by atoms with Gasteiger partial charge >= 0.3 is 5.97 Å². The lowest BCUT2D eigenvalue weighted by atomic mass is 10.2. The van der Waals surface area contributed by atoms with Crippen LogP contribution >= 0.6 is 0 Å². The third kappa shape index (κ3) is 29.3. The molecule has 0 saturated carbocycles. The fourth-order valence-electron chi connectivity index (χ4n) is 3.32. The Balaban J connectivity index is 1.81. The molecule has 14 heteroatoms. The van der Waals surface area contributed by atoms with E-state index in [2.05, 4.69) is 0 Å². The molecule has 0 aliphatic carbocycles. The van der Waals surface area contributed by atoms with Crippen LogP contribution in [0.5, 0.6) is 11.5 Å². The molecule has 2 N–H and O–H groups in total. The van der Waals surface area contributed by atoms with E-state index in [9.17, 15) is 4.79 Å². The van der Waals surface area contributed by atoms with Crippen LogP contribution in [0.4, 0.5) is 0 Å². The lowest BCUT2D eigenvalue weighted by molar-refractivity contribution is -0.160. The van der Waals surface area contributed by atoms with Gasteiger partial charge in [-0.05, 0) is 45.0 Å². The summed E-state index contributed by atoms with van der Waals surface area (Å²) in [5.41, 5.74) is 4.82. The molecule has 0 spiro atoms. The van der Waals surface area contributed by atoms with Crippen LogP contribution in [-0.2, 0) is 52.2 Å². The largest absolute Gasteiger partial charge is 0.491 e. The second-order valence-electron chi connectivity index (χ2n) is 10.5. The smallest absolute Gasteiger partial charge is 0.332 e. The third-order valence-corrected chi connectivity index (χ3v) is 5.32. The van der Waals surface area contributed by atoms with Crippen LogP contribution < -0.4 is 15.2 Å². The lowest BCUT2D eigenvalue weighted by Crippen LogP contribution is -2.27. The predicted octanol–water partition coefficient (Wildman–Crippen LogP) is 1.89. The zero-order chi connectivity index (χ0) is 33.4. The molecule has 1 aromatic rings. The normalized spacial score (nSPS) is 11.6.